The largest absolute Gasteiger partial charge is 0.490 e. The minimum absolute atomic E-state index is 0.247. The van der Waals surface area contributed by atoms with Gasteiger partial charge in [0, 0.05) is 19.6 Å². The van der Waals surface area contributed by atoms with Crippen molar-refractivity contribution in [2.75, 3.05) is 19.6 Å². The van der Waals surface area contributed by atoms with E-state index in [0.29, 0.717) is 26.2 Å². The molecule has 0 bridgehead atoms. The molecular weight excluding hydrogens is 510 g/mol. The Kier molecular flexibility index (Phi) is 9.46. The van der Waals surface area contributed by atoms with Crippen LogP contribution in [0, 0.1) is 10.8 Å². The number of carboxylic acids is 4. The lowest BCUT2D eigenvalue weighted by molar-refractivity contribution is -0.193. The number of carboxylic acid groups (broad SMARTS) is 4. The molecule has 0 spiro atoms. The van der Waals surface area contributed by atoms with Crippen molar-refractivity contribution >= 4 is 23.9 Å². The van der Waals surface area contributed by atoms with Crippen LogP contribution in [0.2, 0.25) is 0 Å². The van der Waals surface area contributed by atoms with Crippen LogP contribution < -0.4 is 5.73 Å². The van der Waals surface area contributed by atoms with Gasteiger partial charge in [0.15, 0.2) is 0 Å². The molecule has 0 radical (unpaired) electrons. The van der Waals surface area contributed by atoms with Gasteiger partial charge in [0.05, 0.1) is 10.8 Å². The molecule has 0 unspecified atom stereocenters. The van der Waals surface area contributed by atoms with E-state index in [1.54, 1.807) is 0 Å². The van der Waals surface area contributed by atoms with Gasteiger partial charge in [0.2, 0.25) is 0 Å². The number of nitrogens with zero attached hydrogens (tertiary/aromatic N) is 1. The van der Waals surface area contributed by atoms with Crippen LogP contribution in [-0.2, 0) is 32.1 Å². The zero-order valence-electron chi connectivity index (χ0n) is 18.3. The van der Waals surface area contributed by atoms with Gasteiger partial charge in [0.25, 0.3) is 0 Å². The Morgan fingerprint density at radius 2 is 1.11 bits per heavy atom. The molecule has 1 saturated heterocycles. The van der Waals surface area contributed by atoms with Crippen molar-refractivity contribution in [2.45, 2.75) is 31.7 Å². The number of rotatable bonds is 6. The molecule has 202 valence electrons. The normalized spacial score (nSPS) is 22.8. The van der Waals surface area contributed by atoms with Crippen LogP contribution in [0.5, 0.6) is 0 Å². The lowest BCUT2D eigenvalue weighted by Crippen LogP contribution is -2.28. The highest BCUT2D eigenvalue weighted by atomic mass is 19.4. The van der Waals surface area contributed by atoms with E-state index in [9.17, 15) is 46.1 Å². The number of benzene rings is 1. The average molecular weight is 532 g/mol. The topological polar surface area (TPSA) is 178 Å². The van der Waals surface area contributed by atoms with Gasteiger partial charge in [-0.25, -0.2) is 9.59 Å². The Balaban J connectivity index is 0.000000383. The summed E-state index contributed by atoms with van der Waals surface area (Å²) in [5.41, 5.74) is 5.54. The minimum atomic E-state index is -5.08. The minimum Gasteiger partial charge on any atom is -0.481 e. The predicted molar refractivity (Wildman–Crippen MR) is 107 cm³/mol. The molecule has 1 aliphatic carbocycles. The Hall–Kier alpha value is -3.40. The highest BCUT2D eigenvalue weighted by Crippen LogP contribution is 2.68. The van der Waals surface area contributed by atoms with E-state index in [4.69, 9.17) is 25.5 Å². The second-order valence-corrected chi connectivity index (χ2v) is 8.06. The summed E-state index contributed by atoms with van der Waals surface area (Å²) in [6.07, 6.45) is -9.09. The summed E-state index contributed by atoms with van der Waals surface area (Å²) in [6, 6.07) is 8.02. The van der Waals surface area contributed by atoms with Crippen LogP contribution in [0.3, 0.4) is 0 Å². The third-order valence-corrected chi connectivity index (χ3v) is 5.55. The van der Waals surface area contributed by atoms with Crippen molar-refractivity contribution in [1.82, 2.24) is 4.90 Å². The lowest BCUT2D eigenvalue weighted by Gasteiger charge is -2.19. The van der Waals surface area contributed by atoms with Crippen molar-refractivity contribution in [1.29, 1.82) is 0 Å². The zero-order chi connectivity index (χ0) is 28.1. The second kappa shape index (κ2) is 11.1. The number of aliphatic carboxylic acids is 4. The summed E-state index contributed by atoms with van der Waals surface area (Å²) < 4.78 is 63.5. The molecule has 1 aliphatic heterocycles. The van der Waals surface area contributed by atoms with Gasteiger partial charge in [-0.1, -0.05) is 24.3 Å². The zero-order valence-corrected chi connectivity index (χ0v) is 18.3. The van der Waals surface area contributed by atoms with Crippen molar-refractivity contribution in [3.05, 3.63) is 35.4 Å². The maximum atomic E-state index is 11.5. The Morgan fingerprint density at radius 3 is 1.39 bits per heavy atom. The molecule has 0 aromatic heterocycles. The van der Waals surface area contributed by atoms with Gasteiger partial charge in [-0.05, 0) is 30.5 Å². The fourth-order valence-electron chi connectivity index (χ4n) is 3.75. The molecule has 1 saturated carbocycles. The van der Waals surface area contributed by atoms with E-state index in [1.165, 1.54) is 5.56 Å². The van der Waals surface area contributed by atoms with Gasteiger partial charge < -0.3 is 26.2 Å². The Labute approximate surface area is 198 Å². The SMILES string of the molecule is NCCc1ccc(CN2C[C@@]3(C(=O)O)C[C@@]3(C(=O)O)C2)cc1.O=C(O)C(F)(F)F.O=C(O)C(F)(F)F. The molecule has 10 nitrogen and oxygen atoms in total. The molecule has 2 fully saturated rings. The maximum Gasteiger partial charge on any atom is 0.490 e. The first-order valence-electron chi connectivity index (χ1n) is 9.89. The van der Waals surface area contributed by atoms with Crippen LogP contribution in [0.1, 0.15) is 17.5 Å². The number of halogens is 6. The highest BCUT2D eigenvalue weighted by molar-refractivity contribution is 5.94. The molecule has 3 rings (SSSR count). The van der Waals surface area contributed by atoms with Gasteiger partial charge in [-0.2, -0.15) is 26.3 Å². The summed E-state index contributed by atoms with van der Waals surface area (Å²) >= 11 is 0. The number of hydrogen-bond donors (Lipinski definition) is 5. The smallest absolute Gasteiger partial charge is 0.481 e. The first-order valence-corrected chi connectivity index (χ1v) is 9.89. The third-order valence-electron chi connectivity index (χ3n) is 5.55. The predicted octanol–water partition coefficient (Wildman–Crippen LogP) is 1.82. The second-order valence-electron chi connectivity index (χ2n) is 8.06. The fourth-order valence-corrected chi connectivity index (χ4v) is 3.75. The quantitative estimate of drug-likeness (QED) is 0.339. The molecular formula is C20H22F6N2O8. The van der Waals surface area contributed by atoms with E-state index < -0.39 is 47.1 Å². The van der Waals surface area contributed by atoms with Gasteiger partial charge in [0.1, 0.15) is 0 Å². The highest BCUT2D eigenvalue weighted by Gasteiger charge is 2.80. The molecule has 1 aromatic carbocycles. The number of fused-ring (bicyclic) bond motifs is 1. The number of hydrogen-bond acceptors (Lipinski definition) is 6. The molecule has 16 heteroatoms. The molecule has 6 N–H and O–H groups in total. The van der Waals surface area contributed by atoms with Crippen molar-refractivity contribution in [3.63, 3.8) is 0 Å². The first-order chi connectivity index (χ1) is 16.3. The standard InChI is InChI=1S/C16H20N2O4.2C2HF3O2/c17-6-5-11-1-3-12(4-2-11)7-18-9-15(13(19)20)8-16(15,10-18)14(21)22;2*3-2(4,5)1(6)7/h1-4H,5-10,17H2,(H,19,20)(H,21,22);2*(H,6,7)/t15-,16+;;. The average Bonchev–Trinajstić information content (AvgIpc) is 3.28. The van der Waals surface area contributed by atoms with Crippen LogP contribution in [0.15, 0.2) is 24.3 Å². The van der Waals surface area contributed by atoms with E-state index in [0.717, 1.165) is 12.0 Å². The first kappa shape index (κ1) is 30.6. The van der Waals surface area contributed by atoms with Crippen LogP contribution >= 0.6 is 0 Å². The molecule has 1 heterocycles. The monoisotopic (exact) mass is 532 g/mol. The van der Waals surface area contributed by atoms with Crippen LogP contribution in [0.25, 0.3) is 0 Å². The van der Waals surface area contributed by atoms with Gasteiger partial charge in [-0.3, -0.25) is 14.5 Å². The lowest BCUT2D eigenvalue weighted by atomic mass is 9.97. The Bertz CT molecular complexity index is 930. The van der Waals surface area contributed by atoms with E-state index in [2.05, 4.69) is 0 Å². The van der Waals surface area contributed by atoms with Crippen molar-refractivity contribution < 1.29 is 65.9 Å². The van der Waals surface area contributed by atoms with E-state index in [1.807, 2.05) is 29.2 Å². The third kappa shape index (κ3) is 7.30. The molecule has 36 heavy (non-hydrogen) atoms. The summed E-state index contributed by atoms with van der Waals surface area (Å²) in [7, 11) is 0. The number of piperidine rings is 1. The Morgan fingerprint density at radius 1 is 0.778 bits per heavy atom. The van der Waals surface area contributed by atoms with Crippen molar-refractivity contribution in [2.24, 2.45) is 16.6 Å². The van der Waals surface area contributed by atoms with Crippen LogP contribution in [-0.4, -0.2) is 81.2 Å². The summed E-state index contributed by atoms with van der Waals surface area (Å²) in [6.45, 7) is 1.79. The number of carbonyl (C=O) groups is 4. The number of likely N-dealkylation sites (tertiary alicyclic amines) is 1. The molecule has 2 atom stereocenters. The summed E-state index contributed by atoms with van der Waals surface area (Å²) in [5, 5.41) is 33.1. The molecule has 1 aromatic rings. The summed E-state index contributed by atoms with van der Waals surface area (Å²) in [4.78, 5) is 42.7. The van der Waals surface area contributed by atoms with Crippen molar-refractivity contribution in [3.8, 4) is 0 Å². The van der Waals surface area contributed by atoms with Gasteiger partial charge >= 0.3 is 36.2 Å². The van der Waals surface area contributed by atoms with E-state index >= 15 is 0 Å². The number of nitrogens with two attached hydrogens (primary N) is 1. The molecule has 2 aliphatic rings. The number of alkyl halides is 6. The summed E-state index contributed by atoms with van der Waals surface area (Å²) in [5.74, 6) is -7.49. The maximum absolute atomic E-state index is 11.5. The van der Waals surface area contributed by atoms with Gasteiger partial charge in [-0.15, -0.1) is 0 Å². The van der Waals surface area contributed by atoms with E-state index in [-0.39, 0.29) is 6.42 Å². The fraction of sp³-hybridized carbons (Fsp3) is 0.500. The van der Waals surface area contributed by atoms with Crippen LogP contribution in [0.4, 0.5) is 26.3 Å². The molecule has 0 amide bonds.